The summed E-state index contributed by atoms with van der Waals surface area (Å²) in [6.07, 6.45) is 9.83. The van der Waals surface area contributed by atoms with Crippen LogP contribution in [0.4, 0.5) is 0 Å². The lowest BCUT2D eigenvalue weighted by atomic mass is 9.85. The molecule has 0 aromatic carbocycles. The molecule has 0 fully saturated rings. The van der Waals surface area contributed by atoms with Gasteiger partial charge in [0.25, 0.3) is 0 Å². The summed E-state index contributed by atoms with van der Waals surface area (Å²) in [4.78, 5) is 11.0. The number of terminal acetylenes is 1. The smallest absolute Gasteiger partial charge is 0.123 e. The second-order valence-corrected chi connectivity index (χ2v) is 5.51. The Balaban J connectivity index is 4.03. The van der Waals surface area contributed by atoms with E-state index in [0.717, 1.165) is 32.0 Å². The molecule has 4 unspecified atom stereocenters. The number of aldehydes is 1. The van der Waals surface area contributed by atoms with Crippen molar-refractivity contribution in [1.29, 1.82) is 0 Å². The van der Waals surface area contributed by atoms with Gasteiger partial charge >= 0.3 is 0 Å². The largest absolute Gasteiger partial charge is 0.396 e. The number of hydrogen-bond donors (Lipinski definition) is 1. The number of aliphatic hydroxyl groups is 1. The van der Waals surface area contributed by atoms with Crippen molar-refractivity contribution in [2.75, 3.05) is 6.61 Å². The van der Waals surface area contributed by atoms with Crippen molar-refractivity contribution in [3.63, 3.8) is 0 Å². The summed E-state index contributed by atoms with van der Waals surface area (Å²) < 4.78 is 0. The first kappa shape index (κ1) is 16.2. The van der Waals surface area contributed by atoms with E-state index in [0.29, 0.717) is 17.8 Å². The van der Waals surface area contributed by atoms with Gasteiger partial charge in [-0.05, 0) is 37.0 Å². The summed E-state index contributed by atoms with van der Waals surface area (Å²) in [5.41, 5.74) is 0. The van der Waals surface area contributed by atoms with Gasteiger partial charge in [-0.15, -0.1) is 12.3 Å². The van der Waals surface area contributed by atoms with E-state index in [4.69, 9.17) is 11.5 Å². The average Bonchev–Trinajstić information content (AvgIpc) is 2.28. The van der Waals surface area contributed by atoms with Crippen molar-refractivity contribution in [2.45, 2.75) is 46.5 Å². The quantitative estimate of drug-likeness (QED) is 0.495. The van der Waals surface area contributed by atoms with Crippen LogP contribution in [0.3, 0.4) is 0 Å². The third kappa shape index (κ3) is 7.99. The van der Waals surface area contributed by atoms with E-state index in [1.54, 1.807) is 0 Å². The number of rotatable bonds is 9. The van der Waals surface area contributed by atoms with Gasteiger partial charge in [0.15, 0.2) is 0 Å². The Kier molecular flexibility index (Phi) is 8.80. The molecule has 0 rings (SSSR count). The number of carbonyl (C=O) groups excluding carboxylic acids is 1. The molecule has 98 valence electrons. The third-order valence-electron chi connectivity index (χ3n) is 3.19. The molecule has 0 radical (unpaired) electrons. The first-order valence-corrected chi connectivity index (χ1v) is 6.53. The molecule has 0 bridgehead atoms. The summed E-state index contributed by atoms with van der Waals surface area (Å²) in [6, 6.07) is 0. The van der Waals surface area contributed by atoms with Crippen LogP contribution in [0, 0.1) is 36.0 Å². The van der Waals surface area contributed by atoms with Crippen LogP contribution in [0.25, 0.3) is 0 Å². The highest BCUT2D eigenvalue weighted by Crippen LogP contribution is 2.24. The van der Waals surface area contributed by atoms with Gasteiger partial charge in [-0.1, -0.05) is 20.8 Å². The Morgan fingerprint density at radius 1 is 1.12 bits per heavy atom. The van der Waals surface area contributed by atoms with Gasteiger partial charge in [-0.3, -0.25) is 0 Å². The summed E-state index contributed by atoms with van der Waals surface area (Å²) in [6.45, 7) is 6.50. The van der Waals surface area contributed by atoms with Crippen LogP contribution >= 0.6 is 0 Å². The fourth-order valence-corrected chi connectivity index (χ4v) is 2.38. The zero-order valence-electron chi connectivity index (χ0n) is 11.4. The van der Waals surface area contributed by atoms with E-state index < -0.39 is 0 Å². The highest BCUT2D eigenvalue weighted by atomic mass is 16.3. The molecule has 17 heavy (non-hydrogen) atoms. The predicted octanol–water partition coefficient (Wildman–Crippen LogP) is 2.90. The molecular formula is C15H26O2. The van der Waals surface area contributed by atoms with Crippen LogP contribution < -0.4 is 0 Å². The molecule has 0 aromatic heterocycles. The molecule has 0 saturated carbocycles. The maximum atomic E-state index is 11.0. The van der Waals surface area contributed by atoms with Crippen molar-refractivity contribution in [3.05, 3.63) is 0 Å². The van der Waals surface area contributed by atoms with Crippen LogP contribution in [-0.4, -0.2) is 18.0 Å². The van der Waals surface area contributed by atoms with Gasteiger partial charge in [0.1, 0.15) is 6.29 Å². The first-order valence-electron chi connectivity index (χ1n) is 6.53. The highest BCUT2D eigenvalue weighted by molar-refractivity contribution is 5.53. The molecule has 1 N–H and O–H groups in total. The summed E-state index contributed by atoms with van der Waals surface area (Å²) in [5, 5.41) is 9.00. The van der Waals surface area contributed by atoms with E-state index in [9.17, 15) is 4.79 Å². The minimum Gasteiger partial charge on any atom is -0.396 e. The van der Waals surface area contributed by atoms with Gasteiger partial charge in [-0.2, -0.15) is 0 Å². The normalized spacial score (nSPS) is 17.8. The van der Waals surface area contributed by atoms with Gasteiger partial charge in [-0.25, -0.2) is 0 Å². The Morgan fingerprint density at radius 2 is 1.71 bits per heavy atom. The fraction of sp³-hybridized carbons (Fsp3) is 0.800. The topological polar surface area (TPSA) is 37.3 Å². The van der Waals surface area contributed by atoms with Crippen molar-refractivity contribution in [2.24, 2.45) is 23.7 Å². The lowest BCUT2D eigenvalue weighted by Gasteiger charge is -2.20. The fourth-order valence-electron chi connectivity index (χ4n) is 2.38. The van der Waals surface area contributed by atoms with Crippen LogP contribution in [0.15, 0.2) is 0 Å². The Hall–Kier alpha value is -0.810. The molecule has 0 aromatic rings. The molecule has 0 aliphatic heterocycles. The SMILES string of the molecule is C#CCC(C)CC(C=O)CC(C)CC(C)CO. The maximum Gasteiger partial charge on any atom is 0.123 e. The molecule has 0 aliphatic rings. The minimum atomic E-state index is 0.110. The zero-order valence-corrected chi connectivity index (χ0v) is 11.4. The van der Waals surface area contributed by atoms with E-state index in [1.807, 2.05) is 6.92 Å². The Labute approximate surface area is 106 Å². The number of carbonyl (C=O) groups is 1. The Morgan fingerprint density at radius 3 is 2.18 bits per heavy atom. The molecular weight excluding hydrogens is 212 g/mol. The lowest BCUT2D eigenvalue weighted by molar-refractivity contribution is -0.112. The van der Waals surface area contributed by atoms with Crippen LogP contribution in [0.5, 0.6) is 0 Å². The van der Waals surface area contributed by atoms with Gasteiger partial charge in [0.05, 0.1) is 0 Å². The van der Waals surface area contributed by atoms with Crippen LogP contribution in [0.2, 0.25) is 0 Å². The second-order valence-electron chi connectivity index (χ2n) is 5.51. The second kappa shape index (κ2) is 9.24. The predicted molar refractivity (Wildman–Crippen MR) is 71.4 cm³/mol. The van der Waals surface area contributed by atoms with Crippen LogP contribution in [-0.2, 0) is 4.79 Å². The maximum absolute atomic E-state index is 11.0. The van der Waals surface area contributed by atoms with E-state index >= 15 is 0 Å². The van der Waals surface area contributed by atoms with E-state index in [-0.39, 0.29) is 12.5 Å². The van der Waals surface area contributed by atoms with E-state index in [1.165, 1.54) is 0 Å². The van der Waals surface area contributed by atoms with Gasteiger partial charge in [0.2, 0.25) is 0 Å². The third-order valence-corrected chi connectivity index (χ3v) is 3.19. The zero-order chi connectivity index (χ0) is 13.3. The number of aliphatic hydroxyl groups excluding tert-OH is 1. The summed E-state index contributed by atoms with van der Waals surface area (Å²) in [7, 11) is 0. The highest BCUT2D eigenvalue weighted by Gasteiger charge is 2.17. The van der Waals surface area contributed by atoms with Crippen LogP contribution in [0.1, 0.15) is 46.5 Å². The molecule has 0 saturated heterocycles. The van der Waals surface area contributed by atoms with Crippen molar-refractivity contribution in [1.82, 2.24) is 0 Å². The molecule has 4 atom stereocenters. The van der Waals surface area contributed by atoms with Gasteiger partial charge in [0, 0.05) is 18.9 Å². The van der Waals surface area contributed by atoms with Crippen molar-refractivity contribution in [3.8, 4) is 12.3 Å². The molecule has 0 spiro atoms. The standard InChI is InChI=1S/C15H26O2/c1-5-6-12(2)8-15(11-17)9-13(3)7-14(4)10-16/h1,11-16H,6-10H2,2-4H3. The molecule has 0 aliphatic carbocycles. The molecule has 2 nitrogen and oxygen atoms in total. The summed E-state index contributed by atoms with van der Waals surface area (Å²) >= 11 is 0. The first-order chi connectivity index (χ1) is 8.03. The number of hydrogen-bond acceptors (Lipinski definition) is 2. The molecule has 0 amide bonds. The Bertz CT molecular complexity index is 242. The van der Waals surface area contributed by atoms with Crippen molar-refractivity contribution < 1.29 is 9.90 Å². The average molecular weight is 238 g/mol. The monoisotopic (exact) mass is 238 g/mol. The lowest BCUT2D eigenvalue weighted by Crippen LogP contribution is -2.14. The summed E-state index contributed by atoms with van der Waals surface area (Å²) in [5.74, 6) is 3.96. The van der Waals surface area contributed by atoms with Gasteiger partial charge < -0.3 is 9.90 Å². The van der Waals surface area contributed by atoms with E-state index in [2.05, 4.69) is 19.8 Å². The van der Waals surface area contributed by atoms with Crippen molar-refractivity contribution >= 4 is 6.29 Å². The molecule has 0 heterocycles. The minimum absolute atomic E-state index is 0.110. The molecule has 2 heteroatoms.